The molecule has 16 heavy (non-hydrogen) atoms. The monoisotopic (exact) mass is 285 g/mol. The summed E-state index contributed by atoms with van der Waals surface area (Å²) < 4.78 is 1.02. The van der Waals surface area contributed by atoms with Gasteiger partial charge in [-0.3, -0.25) is 0 Å². The molecule has 0 spiro atoms. The number of nitrogens with zero attached hydrogens (tertiary/aromatic N) is 1. The van der Waals surface area contributed by atoms with Crippen LogP contribution in [-0.2, 0) is 6.54 Å². The smallest absolute Gasteiger partial charge is 0.123 e. The Hall–Kier alpha value is -0.540. The number of rotatable bonds is 4. The van der Waals surface area contributed by atoms with Crippen LogP contribution in [-0.4, -0.2) is 23.6 Å². The Morgan fingerprint density at radius 3 is 2.56 bits per heavy atom. The van der Waals surface area contributed by atoms with Crippen molar-refractivity contribution in [1.29, 1.82) is 0 Å². The van der Waals surface area contributed by atoms with Gasteiger partial charge in [0.2, 0.25) is 0 Å². The van der Waals surface area contributed by atoms with E-state index >= 15 is 0 Å². The van der Waals surface area contributed by atoms with Gasteiger partial charge in [0, 0.05) is 23.1 Å². The molecular weight excluding hydrogens is 266 g/mol. The largest absolute Gasteiger partial charge is 0.507 e. The normalized spacial score (nSPS) is 11.4. The highest BCUT2D eigenvalue weighted by Gasteiger charge is 2.09. The summed E-state index contributed by atoms with van der Waals surface area (Å²) >= 11 is 3.46. The van der Waals surface area contributed by atoms with Gasteiger partial charge < -0.3 is 10.0 Å². The van der Waals surface area contributed by atoms with Gasteiger partial charge in [0.05, 0.1) is 0 Å². The number of halogens is 1. The van der Waals surface area contributed by atoms with E-state index in [4.69, 9.17) is 0 Å². The van der Waals surface area contributed by atoms with Gasteiger partial charge in [-0.1, -0.05) is 29.8 Å². The van der Waals surface area contributed by atoms with Gasteiger partial charge in [-0.2, -0.15) is 0 Å². The summed E-state index contributed by atoms with van der Waals surface area (Å²) in [4.78, 5) is 2.23. The quantitative estimate of drug-likeness (QED) is 0.915. The van der Waals surface area contributed by atoms with Crippen molar-refractivity contribution in [3.05, 3.63) is 27.7 Å². The highest BCUT2D eigenvalue weighted by atomic mass is 79.9. The number of aromatic hydroxyl groups is 1. The lowest BCUT2D eigenvalue weighted by molar-refractivity contribution is 0.284. The van der Waals surface area contributed by atoms with Gasteiger partial charge in [-0.15, -0.1) is 0 Å². The van der Waals surface area contributed by atoms with Crippen LogP contribution in [0.3, 0.4) is 0 Å². The first-order valence-corrected chi connectivity index (χ1v) is 6.36. The van der Waals surface area contributed by atoms with E-state index in [1.807, 2.05) is 19.1 Å². The molecule has 0 radical (unpaired) electrons. The number of aryl methyl sites for hydroxylation is 1. The lowest BCUT2D eigenvalue weighted by Crippen LogP contribution is -2.22. The van der Waals surface area contributed by atoms with Crippen molar-refractivity contribution >= 4 is 15.9 Å². The first kappa shape index (κ1) is 13.5. The topological polar surface area (TPSA) is 23.5 Å². The van der Waals surface area contributed by atoms with Crippen molar-refractivity contribution in [3.8, 4) is 5.75 Å². The Balaban J connectivity index is 2.80. The van der Waals surface area contributed by atoms with Crippen LogP contribution >= 0.6 is 15.9 Å². The van der Waals surface area contributed by atoms with Crippen molar-refractivity contribution in [3.63, 3.8) is 0 Å². The van der Waals surface area contributed by atoms with E-state index in [1.165, 1.54) is 0 Å². The Morgan fingerprint density at radius 2 is 2.00 bits per heavy atom. The summed E-state index contributed by atoms with van der Waals surface area (Å²) in [5.74, 6) is 1.05. The van der Waals surface area contributed by atoms with Crippen LogP contribution in [0, 0.1) is 12.8 Å². The van der Waals surface area contributed by atoms with Gasteiger partial charge >= 0.3 is 0 Å². The number of hydrogen-bond acceptors (Lipinski definition) is 2. The molecule has 0 aliphatic carbocycles. The van der Waals surface area contributed by atoms with E-state index in [-0.39, 0.29) is 0 Å². The van der Waals surface area contributed by atoms with E-state index in [9.17, 15) is 5.11 Å². The summed E-state index contributed by atoms with van der Waals surface area (Å²) in [6.45, 7) is 8.13. The average molecular weight is 286 g/mol. The fourth-order valence-electron chi connectivity index (χ4n) is 1.90. The van der Waals surface area contributed by atoms with Gasteiger partial charge in [0.25, 0.3) is 0 Å². The molecule has 0 aromatic heterocycles. The summed E-state index contributed by atoms with van der Waals surface area (Å²) in [7, 11) is 2.08. The third-order valence-corrected chi connectivity index (χ3v) is 2.92. The third kappa shape index (κ3) is 3.80. The van der Waals surface area contributed by atoms with Crippen molar-refractivity contribution in [2.45, 2.75) is 27.3 Å². The molecule has 1 N–H and O–H groups in total. The molecule has 0 aliphatic heterocycles. The minimum absolute atomic E-state index is 0.416. The Labute approximate surface area is 106 Å². The highest BCUT2D eigenvalue weighted by Crippen LogP contribution is 2.27. The first-order valence-electron chi connectivity index (χ1n) is 5.56. The number of benzene rings is 1. The fourth-order valence-corrected chi connectivity index (χ4v) is 2.52. The predicted octanol–water partition coefficient (Wildman–Crippen LogP) is 3.55. The molecule has 0 saturated heterocycles. The van der Waals surface area contributed by atoms with Crippen LogP contribution in [0.25, 0.3) is 0 Å². The summed E-state index contributed by atoms with van der Waals surface area (Å²) in [6.07, 6.45) is 0. The maximum absolute atomic E-state index is 9.96. The second-order valence-corrected chi connectivity index (χ2v) is 5.74. The van der Waals surface area contributed by atoms with E-state index in [1.54, 1.807) is 0 Å². The summed E-state index contributed by atoms with van der Waals surface area (Å²) in [6, 6.07) is 3.92. The van der Waals surface area contributed by atoms with E-state index < -0.39 is 0 Å². The maximum atomic E-state index is 9.96. The minimum atomic E-state index is 0.416. The molecule has 0 unspecified atom stereocenters. The molecule has 3 heteroatoms. The van der Waals surface area contributed by atoms with Crippen molar-refractivity contribution < 1.29 is 5.11 Å². The molecule has 0 saturated carbocycles. The van der Waals surface area contributed by atoms with Crippen molar-refractivity contribution in [2.24, 2.45) is 5.92 Å². The van der Waals surface area contributed by atoms with Gasteiger partial charge in [0.1, 0.15) is 5.75 Å². The fraction of sp³-hybridized carbons (Fsp3) is 0.538. The van der Waals surface area contributed by atoms with Gasteiger partial charge in [-0.25, -0.2) is 0 Å². The SMILES string of the molecule is Cc1cc(Br)cc(CN(C)CC(C)C)c1O. The Bertz CT molecular complexity index is 363. The molecule has 0 aliphatic rings. The van der Waals surface area contributed by atoms with Gasteiger partial charge in [-0.05, 0) is 37.6 Å². The molecule has 0 amide bonds. The number of phenolic OH excluding ortho intramolecular Hbond substituents is 1. The van der Waals surface area contributed by atoms with E-state index in [0.29, 0.717) is 11.7 Å². The zero-order chi connectivity index (χ0) is 12.3. The van der Waals surface area contributed by atoms with Crippen LogP contribution in [0.2, 0.25) is 0 Å². The lowest BCUT2D eigenvalue weighted by Gasteiger charge is -2.20. The van der Waals surface area contributed by atoms with Crippen LogP contribution in [0.5, 0.6) is 5.75 Å². The average Bonchev–Trinajstić information content (AvgIpc) is 2.11. The van der Waals surface area contributed by atoms with Crippen molar-refractivity contribution in [1.82, 2.24) is 4.90 Å². The van der Waals surface area contributed by atoms with Crippen molar-refractivity contribution in [2.75, 3.05) is 13.6 Å². The molecule has 0 heterocycles. The summed E-state index contributed by atoms with van der Waals surface area (Å²) in [5.41, 5.74) is 1.90. The van der Waals surface area contributed by atoms with Crippen LogP contribution in [0.4, 0.5) is 0 Å². The standard InChI is InChI=1S/C13H20BrNO/c1-9(2)7-15(4)8-11-6-12(14)5-10(3)13(11)16/h5-6,9,16H,7-8H2,1-4H3. The maximum Gasteiger partial charge on any atom is 0.123 e. The molecule has 90 valence electrons. The second kappa shape index (κ2) is 5.69. The molecule has 1 aromatic carbocycles. The Morgan fingerprint density at radius 1 is 1.38 bits per heavy atom. The first-order chi connectivity index (χ1) is 7.40. The van der Waals surface area contributed by atoms with Crippen LogP contribution in [0.1, 0.15) is 25.0 Å². The molecule has 0 atom stereocenters. The zero-order valence-electron chi connectivity index (χ0n) is 10.4. The number of hydrogen-bond donors (Lipinski definition) is 1. The molecule has 0 bridgehead atoms. The molecular formula is C13H20BrNO. The lowest BCUT2D eigenvalue weighted by atomic mass is 10.1. The van der Waals surface area contributed by atoms with E-state index in [0.717, 1.165) is 28.7 Å². The predicted molar refractivity (Wildman–Crippen MR) is 71.7 cm³/mol. The van der Waals surface area contributed by atoms with E-state index in [2.05, 4.69) is 41.7 Å². The van der Waals surface area contributed by atoms with Gasteiger partial charge in [0.15, 0.2) is 0 Å². The molecule has 2 nitrogen and oxygen atoms in total. The second-order valence-electron chi connectivity index (χ2n) is 4.82. The number of phenols is 1. The summed E-state index contributed by atoms with van der Waals surface area (Å²) in [5, 5.41) is 9.96. The molecule has 1 rings (SSSR count). The minimum Gasteiger partial charge on any atom is -0.507 e. The molecule has 0 fully saturated rings. The third-order valence-electron chi connectivity index (χ3n) is 2.46. The van der Waals surface area contributed by atoms with Crippen LogP contribution < -0.4 is 0 Å². The zero-order valence-corrected chi connectivity index (χ0v) is 12.0. The molecule has 1 aromatic rings. The van der Waals surface area contributed by atoms with Crippen LogP contribution in [0.15, 0.2) is 16.6 Å². The highest BCUT2D eigenvalue weighted by molar-refractivity contribution is 9.10. The Kier molecular flexibility index (Phi) is 4.81.